The Morgan fingerprint density at radius 1 is 1.50 bits per heavy atom. The predicted molar refractivity (Wildman–Crippen MR) is 73.2 cm³/mol. The van der Waals surface area contributed by atoms with E-state index in [2.05, 4.69) is 34.7 Å². The number of thiazole rings is 1. The van der Waals surface area contributed by atoms with E-state index in [-0.39, 0.29) is 0 Å². The van der Waals surface area contributed by atoms with E-state index in [0.29, 0.717) is 12.1 Å². The van der Waals surface area contributed by atoms with Gasteiger partial charge in [0.25, 0.3) is 0 Å². The molecule has 0 unspecified atom stereocenters. The molecule has 0 radical (unpaired) electrons. The quantitative estimate of drug-likeness (QED) is 0.921. The summed E-state index contributed by atoms with van der Waals surface area (Å²) in [6.45, 7) is 5.11. The molecule has 0 saturated heterocycles. The normalized spacial score (nSPS) is 23.5. The number of ether oxygens (including phenoxy) is 1. The largest absolute Gasteiger partial charge is 0.381 e. The Bertz CT molecular complexity index is 554. The van der Waals surface area contributed by atoms with Gasteiger partial charge in [0.05, 0.1) is 17.5 Å². The molecule has 2 aromatic rings. The molecule has 0 aliphatic heterocycles. The van der Waals surface area contributed by atoms with Gasteiger partial charge in [-0.15, -0.1) is 11.3 Å². The number of nitrogens with one attached hydrogen (secondary N) is 1. The van der Waals surface area contributed by atoms with Crippen LogP contribution >= 0.6 is 11.3 Å². The molecule has 0 bridgehead atoms. The Hall–Kier alpha value is -0.910. The summed E-state index contributed by atoms with van der Waals surface area (Å²) in [4.78, 5) is 7.01. The van der Waals surface area contributed by atoms with Crippen LogP contribution in [0.15, 0.2) is 6.20 Å². The Balaban J connectivity index is 1.68. The van der Waals surface area contributed by atoms with E-state index in [1.54, 1.807) is 18.4 Å². The fourth-order valence-corrected chi connectivity index (χ4v) is 3.38. The van der Waals surface area contributed by atoms with Gasteiger partial charge in [-0.3, -0.25) is 4.40 Å². The molecule has 1 N–H and O–H groups in total. The highest BCUT2D eigenvalue weighted by Crippen LogP contribution is 2.24. The first-order valence-corrected chi connectivity index (χ1v) is 7.19. The summed E-state index contributed by atoms with van der Waals surface area (Å²) >= 11 is 1.75. The molecule has 98 valence electrons. The number of aryl methyl sites for hydroxylation is 2. The van der Waals surface area contributed by atoms with Crippen LogP contribution in [0.5, 0.6) is 0 Å². The standard InChI is InChI=1S/C13H19N3OS/c1-8-7-16-12(9(2)15-13(16)18-8)6-14-10-4-11(5-10)17-3/h7,10-11,14H,4-6H2,1-3H3. The van der Waals surface area contributed by atoms with Gasteiger partial charge in [0.15, 0.2) is 4.96 Å². The van der Waals surface area contributed by atoms with Gasteiger partial charge in [0.1, 0.15) is 0 Å². The van der Waals surface area contributed by atoms with Crippen molar-refractivity contribution in [2.24, 2.45) is 0 Å². The number of aromatic nitrogens is 2. The SMILES string of the molecule is COC1CC(NCc2c(C)nc3sc(C)cn23)C1. The van der Waals surface area contributed by atoms with Crippen molar-refractivity contribution < 1.29 is 4.74 Å². The third-order valence-corrected chi connectivity index (χ3v) is 4.63. The molecule has 2 aromatic heterocycles. The fourth-order valence-electron chi connectivity index (χ4n) is 2.49. The molecule has 1 aliphatic carbocycles. The van der Waals surface area contributed by atoms with Crippen LogP contribution < -0.4 is 5.32 Å². The third-order valence-electron chi connectivity index (χ3n) is 3.73. The second kappa shape index (κ2) is 4.64. The molecule has 5 heteroatoms. The third kappa shape index (κ3) is 2.06. The van der Waals surface area contributed by atoms with Crippen molar-refractivity contribution in [2.75, 3.05) is 7.11 Å². The van der Waals surface area contributed by atoms with Crippen LogP contribution in [0.3, 0.4) is 0 Å². The van der Waals surface area contributed by atoms with Gasteiger partial charge in [-0.05, 0) is 26.7 Å². The van der Waals surface area contributed by atoms with Crippen molar-refractivity contribution in [3.8, 4) is 0 Å². The zero-order valence-electron chi connectivity index (χ0n) is 11.1. The van der Waals surface area contributed by atoms with Crippen LogP contribution in [0.4, 0.5) is 0 Å². The Kier molecular flexibility index (Phi) is 3.13. The van der Waals surface area contributed by atoms with Gasteiger partial charge in [-0.2, -0.15) is 0 Å². The van der Waals surface area contributed by atoms with Crippen LogP contribution in [0.1, 0.15) is 29.1 Å². The summed E-state index contributed by atoms with van der Waals surface area (Å²) in [5.41, 5.74) is 2.42. The molecule has 4 nitrogen and oxygen atoms in total. The lowest BCUT2D eigenvalue weighted by molar-refractivity contribution is 0.0169. The van der Waals surface area contributed by atoms with Crippen molar-refractivity contribution in [3.05, 3.63) is 22.5 Å². The second-order valence-electron chi connectivity index (χ2n) is 5.05. The fraction of sp³-hybridized carbons (Fsp3) is 0.615. The van der Waals surface area contributed by atoms with Gasteiger partial charge >= 0.3 is 0 Å². The highest BCUT2D eigenvalue weighted by atomic mass is 32.1. The van der Waals surface area contributed by atoms with E-state index in [0.717, 1.165) is 30.0 Å². The lowest BCUT2D eigenvalue weighted by atomic mass is 9.89. The summed E-state index contributed by atoms with van der Waals surface area (Å²) in [5.74, 6) is 0. The van der Waals surface area contributed by atoms with Gasteiger partial charge in [-0.1, -0.05) is 0 Å². The van der Waals surface area contributed by atoms with E-state index in [4.69, 9.17) is 4.74 Å². The van der Waals surface area contributed by atoms with E-state index < -0.39 is 0 Å². The number of nitrogens with zero attached hydrogens (tertiary/aromatic N) is 2. The monoisotopic (exact) mass is 265 g/mol. The molecule has 1 aliphatic rings. The van der Waals surface area contributed by atoms with Gasteiger partial charge in [-0.25, -0.2) is 4.98 Å². The van der Waals surface area contributed by atoms with Crippen LogP contribution in [-0.2, 0) is 11.3 Å². The summed E-state index contributed by atoms with van der Waals surface area (Å²) in [7, 11) is 1.79. The Labute approximate surface area is 111 Å². The summed E-state index contributed by atoms with van der Waals surface area (Å²) in [6.07, 6.45) is 4.88. The number of rotatable bonds is 4. The zero-order chi connectivity index (χ0) is 12.7. The molecule has 0 spiro atoms. The molecule has 0 atom stereocenters. The summed E-state index contributed by atoms with van der Waals surface area (Å²) < 4.78 is 7.51. The van der Waals surface area contributed by atoms with Crippen LogP contribution in [0.2, 0.25) is 0 Å². The van der Waals surface area contributed by atoms with Crippen molar-refractivity contribution in [1.29, 1.82) is 0 Å². The Morgan fingerprint density at radius 3 is 3.00 bits per heavy atom. The highest BCUT2D eigenvalue weighted by Gasteiger charge is 2.28. The minimum atomic E-state index is 0.456. The molecule has 1 fully saturated rings. The maximum absolute atomic E-state index is 5.29. The number of imidazole rings is 1. The first kappa shape index (κ1) is 12.1. The summed E-state index contributed by atoms with van der Waals surface area (Å²) in [5, 5.41) is 3.59. The highest BCUT2D eigenvalue weighted by molar-refractivity contribution is 7.17. The zero-order valence-corrected chi connectivity index (χ0v) is 11.9. The van der Waals surface area contributed by atoms with Crippen molar-refractivity contribution >= 4 is 16.3 Å². The molecule has 1 saturated carbocycles. The number of fused-ring (bicyclic) bond motifs is 1. The average Bonchev–Trinajstić information content (AvgIpc) is 2.74. The van der Waals surface area contributed by atoms with Crippen LogP contribution in [0.25, 0.3) is 4.96 Å². The summed E-state index contributed by atoms with van der Waals surface area (Å²) in [6, 6.07) is 0.597. The number of methoxy groups -OCH3 is 1. The number of hydrogen-bond acceptors (Lipinski definition) is 4. The van der Waals surface area contributed by atoms with E-state index in [1.165, 1.54) is 10.6 Å². The minimum absolute atomic E-state index is 0.456. The second-order valence-corrected chi connectivity index (χ2v) is 6.26. The topological polar surface area (TPSA) is 38.6 Å². The van der Waals surface area contributed by atoms with Crippen molar-refractivity contribution in [1.82, 2.24) is 14.7 Å². The molecular formula is C13H19N3OS. The minimum Gasteiger partial charge on any atom is -0.381 e. The maximum Gasteiger partial charge on any atom is 0.194 e. The van der Waals surface area contributed by atoms with Gasteiger partial charge in [0, 0.05) is 30.8 Å². The first-order chi connectivity index (χ1) is 8.67. The molecule has 0 amide bonds. The van der Waals surface area contributed by atoms with Crippen LogP contribution in [0, 0.1) is 13.8 Å². The maximum atomic E-state index is 5.29. The molecule has 0 aromatic carbocycles. The van der Waals surface area contributed by atoms with E-state index >= 15 is 0 Å². The Morgan fingerprint density at radius 2 is 2.28 bits per heavy atom. The van der Waals surface area contributed by atoms with E-state index in [9.17, 15) is 0 Å². The van der Waals surface area contributed by atoms with Gasteiger partial charge < -0.3 is 10.1 Å². The predicted octanol–water partition coefficient (Wildman–Crippen LogP) is 2.28. The van der Waals surface area contributed by atoms with Crippen molar-refractivity contribution in [2.45, 2.75) is 45.4 Å². The number of hydrogen-bond donors (Lipinski definition) is 1. The molecule has 3 rings (SSSR count). The molecule has 2 heterocycles. The van der Waals surface area contributed by atoms with Crippen molar-refractivity contribution in [3.63, 3.8) is 0 Å². The smallest absolute Gasteiger partial charge is 0.194 e. The molecule has 18 heavy (non-hydrogen) atoms. The van der Waals surface area contributed by atoms with E-state index in [1.807, 2.05) is 0 Å². The lowest BCUT2D eigenvalue weighted by Crippen LogP contribution is -2.44. The van der Waals surface area contributed by atoms with Gasteiger partial charge in [0.2, 0.25) is 0 Å². The first-order valence-electron chi connectivity index (χ1n) is 6.37. The lowest BCUT2D eigenvalue weighted by Gasteiger charge is -2.34. The molecular weight excluding hydrogens is 246 g/mol. The van der Waals surface area contributed by atoms with Crippen LogP contribution in [-0.4, -0.2) is 28.6 Å². The average molecular weight is 265 g/mol.